The summed E-state index contributed by atoms with van der Waals surface area (Å²) in [6, 6.07) is 7.72. The fourth-order valence-corrected chi connectivity index (χ4v) is 4.60. The van der Waals surface area contributed by atoms with Crippen molar-refractivity contribution in [1.29, 1.82) is 0 Å². The van der Waals surface area contributed by atoms with E-state index >= 15 is 0 Å². The van der Waals surface area contributed by atoms with Crippen LogP contribution >= 0.6 is 0 Å². The van der Waals surface area contributed by atoms with Crippen LogP contribution < -0.4 is 0 Å². The maximum atomic E-state index is 12.8. The number of carbonyl (C=O) groups is 3. The summed E-state index contributed by atoms with van der Waals surface area (Å²) < 4.78 is 5.49. The summed E-state index contributed by atoms with van der Waals surface area (Å²) in [7, 11) is 0. The zero-order chi connectivity index (χ0) is 20.7. The number of nitrogens with zero attached hydrogens (tertiary/aromatic N) is 3. The van der Waals surface area contributed by atoms with Crippen LogP contribution in [0.4, 0.5) is 0 Å². The number of H-pyrrole nitrogens is 1. The van der Waals surface area contributed by atoms with E-state index < -0.39 is 0 Å². The summed E-state index contributed by atoms with van der Waals surface area (Å²) in [5, 5.41) is 0.907. The van der Waals surface area contributed by atoms with E-state index in [9.17, 15) is 14.4 Å². The van der Waals surface area contributed by atoms with Crippen LogP contribution in [-0.4, -0.2) is 89.4 Å². The van der Waals surface area contributed by atoms with Crippen molar-refractivity contribution >= 4 is 28.6 Å². The van der Waals surface area contributed by atoms with Gasteiger partial charge in [-0.2, -0.15) is 0 Å². The Morgan fingerprint density at radius 1 is 0.933 bits per heavy atom. The maximum Gasteiger partial charge on any atom is 0.256 e. The van der Waals surface area contributed by atoms with E-state index in [0.717, 1.165) is 23.7 Å². The first kappa shape index (κ1) is 19.1. The molecule has 3 aliphatic rings. The Balaban J connectivity index is 1.13. The van der Waals surface area contributed by atoms with Gasteiger partial charge < -0.3 is 24.4 Å². The monoisotopic (exact) mass is 410 g/mol. The van der Waals surface area contributed by atoms with Crippen molar-refractivity contribution in [2.24, 2.45) is 5.92 Å². The number of para-hydroxylation sites is 1. The van der Waals surface area contributed by atoms with E-state index in [1.165, 1.54) is 0 Å². The van der Waals surface area contributed by atoms with Crippen molar-refractivity contribution in [2.45, 2.75) is 18.9 Å². The minimum Gasteiger partial charge on any atom is -0.368 e. The molecule has 158 valence electrons. The maximum absolute atomic E-state index is 12.8. The fourth-order valence-electron chi connectivity index (χ4n) is 4.60. The van der Waals surface area contributed by atoms with Gasteiger partial charge in [-0.3, -0.25) is 14.4 Å². The van der Waals surface area contributed by atoms with Crippen molar-refractivity contribution in [3.8, 4) is 0 Å². The lowest BCUT2D eigenvalue weighted by Crippen LogP contribution is -2.60. The first-order chi connectivity index (χ1) is 14.6. The van der Waals surface area contributed by atoms with E-state index in [4.69, 9.17) is 4.74 Å². The standard InChI is InChI=1S/C22H26N4O4/c27-20(24-7-9-25(10-8-24)22(29)19-6-3-11-30-19)15-13-26(14-15)21(28)17-12-23-18-5-2-1-4-16(17)18/h1-2,4-5,12,15,19,23H,3,6-11,13-14H2. The molecule has 1 aromatic carbocycles. The molecule has 1 unspecified atom stereocenters. The smallest absolute Gasteiger partial charge is 0.256 e. The van der Waals surface area contributed by atoms with Gasteiger partial charge in [0, 0.05) is 63.0 Å². The predicted octanol–water partition coefficient (Wildman–Crippen LogP) is 1.09. The average Bonchev–Trinajstić information content (AvgIpc) is 3.42. The zero-order valence-corrected chi connectivity index (χ0v) is 16.9. The lowest BCUT2D eigenvalue weighted by molar-refractivity contribution is -0.149. The van der Waals surface area contributed by atoms with Gasteiger partial charge in [0.05, 0.1) is 11.5 Å². The molecule has 5 rings (SSSR count). The summed E-state index contributed by atoms with van der Waals surface area (Å²) in [4.78, 5) is 46.6. The number of benzene rings is 1. The number of likely N-dealkylation sites (tertiary alicyclic amines) is 1. The summed E-state index contributed by atoms with van der Waals surface area (Å²) in [5.74, 6) is -0.0519. The number of fused-ring (bicyclic) bond motifs is 1. The molecule has 0 spiro atoms. The Labute approximate surface area is 174 Å². The van der Waals surface area contributed by atoms with Crippen LogP contribution in [-0.2, 0) is 14.3 Å². The molecule has 0 aliphatic carbocycles. The third-order valence-electron chi connectivity index (χ3n) is 6.45. The number of hydrogen-bond acceptors (Lipinski definition) is 4. The number of ether oxygens (including phenoxy) is 1. The highest BCUT2D eigenvalue weighted by Gasteiger charge is 2.40. The van der Waals surface area contributed by atoms with Gasteiger partial charge >= 0.3 is 0 Å². The molecule has 1 atom stereocenters. The van der Waals surface area contributed by atoms with E-state index in [-0.39, 0.29) is 29.7 Å². The Hall–Kier alpha value is -2.87. The summed E-state index contributed by atoms with van der Waals surface area (Å²) in [6.45, 7) is 3.75. The Bertz CT molecular complexity index is 966. The second-order valence-electron chi connectivity index (χ2n) is 8.31. The van der Waals surface area contributed by atoms with E-state index in [1.807, 2.05) is 34.1 Å². The minimum atomic E-state index is -0.303. The SMILES string of the molecule is O=C(c1c[nH]c2ccccc12)N1CC(C(=O)N2CCN(C(=O)C3CCCO3)CC2)C1. The van der Waals surface area contributed by atoms with Crippen LogP contribution in [0.2, 0.25) is 0 Å². The molecule has 3 aliphatic heterocycles. The van der Waals surface area contributed by atoms with Gasteiger partial charge in [0.2, 0.25) is 5.91 Å². The lowest BCUT2D eigenvalue weighted by Gasteiger charge is -2.43. The van der Waals surface area contributed by atoms with E-state index in [2.05, 4.69) is 4.98 Å². The second-order valence-corrected chi connectivity index (χ2v) is 8.31. The summed E-state index contributed by atoms with van der Waals surface area (Å²) in [5.41, 5.74) is 1.59. The molecular formula is C22H26N4O4. The zero-order valence-electron chi connectivity index (χ0n) is 16.9. The molecule has 8 nitrogen and oxygen atoms in total. The number of carbonyl (C=O) groups excluding carboxylic acids is 3. The largest absolute Gasteiger partial charge is 0.368 e. The molecule has 30 heavy (non-hydrogen) atoms. The highest BCUT2D eigenvalue weighted by molar-refractivity contribution is 6.07. The molecule has 3 saturated heterocycles. The van der Waals surface area contributed by atoms with Crippen LogP contribution in [0.15, 0.2) is 30.5 Å². The number of piperazine rings is 1. The van der Waals surface area contributed by atoms with Crippen molar-refractivity contribution in [3.63, 3.8) is 0 Å². The van der Waals surface area contributed by atoms with E-state index in [1.54, 1.807) is 11.1 Å². The van der Waals surface area contributed by atoms with Gasteiger partial charge in [-0.1, -0.05) is 18.2 Å². The quantitative estimate of drug-likeness (QED) is 0.821. The van der Waals surface area contributed by atoms with Crippen LogP contribution in [0, 0.1) is 5.92 Å². The topological polar surface area (TPSA) is 86.0 Å². The number of rotatable bonds is 3. The van der Waals surface area contributed by atoms with Gasteiger partial charge in [0.15, 0.2) is 0 Å². The number of aromatic amines is 1. The normalized spacial score (nSPS) is 22.4. The fraction of sp³-hybridized carbons (Fsp3) is 0.500. The number of hydrogen-bond donors (Lipinski definition) is 1. The van der Waals surface area contributed by atoms with E-state index in [0.29, 0.717) is 51.4 Å². The van der Waals surface area contributed by atoms with Crippen molar-refractivity contribution in [3.05, 3.63) is 36.0 Å². The Morgan fingerprint density at radius 2 is 1.63 bits per heavy atom. The van der Waals surface area contributed by atoms with Crippen molar-refractivity contribution in [2.75, 3.05) is 45.9 Å². The molecular weight excluding hydrogens is 384 g/mol. The molecule has 4 heterocycles. The molecule has 1 aromatic heterocycles. The first-order valence-electron chi connectivity index (χ1n) is 10.7. The van der Waals surface area contributed by atoms with Crippen molar-refractivity contribution in [1.82, 2.24) is 19.7 Å². The third kappa shape index (κ3) is 3.35. The van der Waals surface area contributed by atoms with Crippen LogP contribution in [0.1, 0.15) is 23.2 Å². The average molecular weight is 410 g/mol. The summed E-state index contributed by atoms with van der Waals surface area (Å²) >= 11 is 0. The van der Waals surface area contributed by atoms with Gasteiger partial charge in [-0.05, 0) is 18.9 Å². The number of aromatic nitrogens is 1. The first-order valence-corrected chi connectivity index (χ1v) is 10.7. The molecule has 0 bridgehead atoms. The van der Waals surface area contributed by atoms with Gasteiger partial charge in [-0.25, -0.2) is 0 Å². The third-order valence-corrected chi connectivity index (χ3v) is 6.45. The second kappa shape index (κ2) is 7.75. The number of amides is 3. The molecule has 2 aromatic rings. The van der Waals surface area contributed by atoms with Crippen LogP contribution in [0.25, 0.3) is 10.9 Å². The molecule has 1 N–H and O–H groups in total. The van der Waals surface area contributed by atoms with Gasteiger partial charge in [-0.15, -0.1) is 0 Å². The highest BCUT2D eigenvalue weighted by Crippen LogP contribution is 2.25. The molecule has 0 radical (unpaired) electrons. The summed E-state index contributed by atoms with van der Waals surface area (Å²) in [6.07, 6.45) is 3.17. The minimum absolute atomic E-state index is 0.0384. The van der Waals surface area contributed by atoms with Crippen LogP contribution in [0.3, 0.4) is 0 Å². The number of nitrogens with one attached hydrogen (secondary N) is 1. The van der Waals surface area contributed by atoms with Gasteiger partial charge in [0.1, 0.15) is 6.10 Å². The van der Waals surface area contributed by atoms with Crippen molar-refractivity contribution < 1.29 is 19.1 Å². The molecule has 0 saturated carbocycles. The Kier molecular flexibility index (Phi) is 4.94. The highest BCUT2D eigenvalue weighted by atomic mass is 16.5. The molecule has 8 heteroatoms. The molecule has 3 fully saturated rings. The molecule has 3 amide bonds. The van der Waals surface area contributed by atoms with Crippen LogP contribution in [0.5, 0.6) is 0 Å². The van der Waals surface area contributed by atoms with Gasteiger partial charge in [0.25, 0.3) is 11.8 Å². The predicted molar refractivity (Wildman–Crippen MR) is 110 cm³/mol. The lowest BCUT2D eigenvalue weighted by atomic mass is 9.96. The Morgan fingerprint density at radius 3 is 2.33 bits per heavy atom.